The molecule has 0 saturated carbocycles. The zero-order chi connectivity index (χ0) is 14.7. The highest BCUT2D eigenvalue weighted by molar-refractivity contribution is 6.35. The number of ketones is 1. The molecule has 0 aliphatic heterocycles. The van der Waals surface area contributed by atoms with Gasteiger partial charge in [-0.3, -0.25) is 4.79 Å². The largest absolute Gasteiger partial charge is 0.294 e. The molecule has 0 bridgehead atoms. The highest BCUT2D eigenvalue weighted by Gasteiger charge is 2.15. The first-order valence-electron chi connectivity index (χ1n) is 6.32. The second kappa shape index (κ2) is 6.37. The molecule has 0 aliphatic carbocycles. The fraction of sp³-hybridized carbons (Fsp3) is 0.357. The van der Waals surface area contributed by atoms with Crippen LogP contribution >= 0.6 is 23.2 Å². The summed E-state index contributed by atoms with van der Waals surface area (Å²) in [6.45, 7) is 4.90. The van der Waals surface area contributed by atoms with Crippen molar-refractivity contribution in [1.82, 2.24) is 14.8 Å². The Morgan fingerprint density at radius 3 is 2.80 bits per heavy atom. The summed E-state index contributed by atoms with van der Waals surface area (Å²) in [6, 6.07) is 4.85. The topological polar surface area (TPSA) is 47.8 Å². The van der Waals surface area contributed by atoms with Crippen LogP contribution in [0.3, 0.4) is 0 Å². The number of Topliss-reactive ketones (excluding diaryl/α,β-unsaturated/α-hetero) is 1. The lowest BCUT2D eigenvalue weighted by atomic mass is 10.1. The smallest absolute Gasteiger partial charge is 0.171 e. The number of rotatable bonds is 5. The SMILES string of the molecule is CC(C)Cn1ncnc1CC(=O)c1cc(Cl)ccc1Cl. The molecule has 4 nitrogen and oxygen atoms in total. The highest BCUT2D eigenvalue weighted by Crippen LogP contribution is 2.22. The first-order chi connectivity index (χ1) is 9.47. The standard InChI is InChI=1S/C14H15Cl2N3O/c1-9(2)7-19-14(17-8-18-19)6-13(20)11-5-10(15)3-4-12(11)16/h3-5,8-9H,6-7H2,1-2H3. The Bertz CT molecular complexity index is 623. The van der Waals surface area contributed by atoms with Crippen molar-refractivity contribution in [3.05, 3.63) is 46.0 Å². The van der Waals surface area contributed by atoms with Gasteiger partial charge in [-0.1, -0.05) is 37.0 Å². The molecule has 2 rings (SSSR count). The number of benzene rings is 1. The van der Waals surface area contributed by atoms with E-state index in [0.29, 0.717) is 27.4 Å². The molecule has 0 atom stereocenters. The maximum absolute atomic E-state index is 12.3. The first-order valence-corrected chi connectivity index (χ1v) is 7.08. The predicted octanol–water partition coefficient (Wildman–Crippen LogP) is 3.67. The number of halogens is 2. The van der Waals surface area contributed by atoms with Gasteiger partial charge in [0.15, 0.2) is 5.78 Å². The van der Waals surface area contributed by atoms with Gasteiger partial charge in [0.25, 0.3) is 0 Å². The summed E-state index contributed by atoms with van der Waals surface area (Å²) in [5.74, 6) is 0.954. The lowest BCUT2D eigenvalue weighted by Crippen LogP contribution is -2.14. The highest BCUT2D eigenvalue weighted by atomic mass is 35.5. The first kappa shape index (κ1) is 15.0. The van der Waals surface area contributed by atoms with E-state index in [1.165, 1.54) is 6.33 Å². The summed E-state index contributed by atoms with van der Waals surface area (Å²) in [7, 11) is 0. The van der Waals surface area contributed by atoms with Crippen LogP contribution < -0.4 is 0 Å². The van der Waals surface area contributed by atoms with Crippen molar-refractivity contribution in [2.24, 2.45) is 5.92 Å². The van der Waals surface area contributed by atoms with Crippen molar-refractivity contribution >= 4 is 29.0 Å². The molecule has 1 heterocycles. The van der Waals surface area contributed by atoms with Crippen LogP contribution in [0, 0.1) is 5.92 Å². The van der Waals surface area contributed by atoms with Crippen molar-refractivity contribution in [3.63, 3.8) is 0 Å². The molecule has 0 aliphatic rings. The van der Waals surface area contributed by atoms with Crippen LogP contribution in [0.2, 0.25) is 10.0 Å². The van der Waals surface area contributed by atoms with Gasteiger partial charge < -0.3 is 0 Å². The van der Waals surface area contributed by atoms with E-state index in [-0.39, 0.29) is 12.2 Å². The van der Waals surface area contributed by atoms with Crippen LogP contribution in [-0.4, -0.2) is 20.5 Å². The van der Waals surface area contributed by atoms with Gasteiger partial charge in [0, 0.05) is 17.1 Å². The van der Waals surface area contributed by atoms with Gasteiger partial charge in [-0.15, -0.1) is 0 Å². The number of nitrogens with zero attached hydrogens (tertiary/aromatic N) is 3. The van der Waals surface area contributed by atoms with Crippen molar-refractivity contribution in [3.8, 4) is 0 Å². The number of carbonyl (C=O) groups excluding carboxylic acids is 1. The molecular formula is C14H15Cl2N3O. The average Bonchev–Trinajstić information content (AvgIpc) is 2.78. The normalized spacial score (nSPS) is 11.1. The van der Waals surface area contributed by atoms with Crippen LogP contribution in [0.5, 0.6) is 0 Å². The molecule has 0 saturated heterocycles. The maximum Gasteiger partial charge on any atom is 0.171 e. The Balaban J connectivity index is 2.20. The molecule has 0 spiro atoms. The van der Waals surface area contributed by atoms with Crippen LogP contribution in [-0.2, 0) is 13.0 Å². The third-order valence-corrected chi connectivity index (χ3v) is 3.35. The molecule has 0 radical (unpaired) electrons. The van der Waals surface area contributed by atoms with Crippen molar-refractivity contribution in [2.75, 3.05) is 0 Å². The molecular weight excluding hydrogens is 297 g/mol. The van der Waals surface area contributed by atoms with Crippen LogP contribution in [0.4, 0.5) is 0 Å². The maximum atomic E-state index is 12.3. The molecule has 1 aromatic carbocycles. The van der Waals surface area contributed by atoms with E-state index in [4.69, 9.17) is 23.2 Å². The molecule has 20 heavy (non-hydrogen) atoms. The Labute approximate surface area is 127 Å². The lowest BCUT2D eigenvalue weighted by molar-refractivity contribution is 0.0989. The predicted molar refractivity (Wildman–Crippen MR) is 79.4 cm³/mol. The van der Waals surface area contributed by atoms with Gasteiger partial charge in [0.2, 0.25) is 0 Å². The molecule has 0 fully saturated rings. The average molecular weight is 312 g/mol. The quantitative estimate of drug-likeness (QED) is 0.792. The zero-order valence-corrected chi connectivity index (χ0v) is 12.8. The van der Waals surface area contributed by atoms with Crippen molar-refractivity contribution < 1.29 is 4.79 Å². The fourth-order valence-electron chi connectivity index (χ4n) is 1.87. The molecule has 0 unspecified atom stereocenters. The molecule has 2 aromatic rings. The number of aromatic nitrogens is 3. The molecule has 106 valence electrons. The summed E-state index contributed by atoms with van der Waals surface area (Å²) in [6.07, 6.45) is 1.62. The Kier molecular flexibility index (Phi) is 4.78. The minimum Gasteiger partial charge on any atom is -0.294 e. The van der Waals surface area contributed by atoms with Gasteiger partial charge in [-0.2, -0.15) is 5.10 Å². The van der Waals surface area contributed by atoms with E-state index in [1.807, 2.05) is 0 Å². The van der Waals surface area contributed by atoms with Gasteiger partial charge in [0.1, 0.15) is 12.2 Å². The van der Waals surface area contributed by atoms with E-state index >= 15 is 0 Å². The Hall–Kier alpha value is -1.39. The zero-order valence-electron chi connectivity index (χ0n) is 11.3. The van der Waals surface area contributed by atoms with E-state index in [0.717, 1.165) is 6.54 Å². The van der Waals surface area contributed by atoms with Crippen LogP contribution in [0.25, 0.3) is 0 Å². The van der Waals surface area contributed by atoms with E-state index in [2.05, 4.69) is 23.9 Å². The summed E-state index contributed by atoms with van der Waals surface area (Å²) in [5.41, 5.74) is 0.415. The number of hydrogen-bond acceptors (Lipinski definition) is 3. The van der Waals surface area contributed by atoms with Crippen molar-refractivity contribution in [1.29, 1.82) is 0 Å². The Morgan fingerprint density at radius 1 is 1.35 bits per heavy atom. The van der Waals surface area contributed by atoms with E-state index in [9.17, 15) is 4.79 Å². The fourth-order valence-corrected chi connectivity index (χ4v) is 2.27. The molecule has 1 aromatic heterocycles. The number of carbonyl (C=O) groups is 1. The van der Waals surface area contributed by atoms with Crippen LogP contribution in [0.15, 0.2) is 24.5 Å². The van der Waals surface area contributed by atoms with Crippen molar-refractivity contribution in [2.45, 2.75) is 26.8 Å². The molecule has 6 heteroatoms. The minimum absolute atomic E-state index is 0.115. The monoisotopic (exact) mass is 311 g/mol. The molecule has 0 N–H and O–H groups in total. The van der Waals surface area contributed by atoms with Gasteiger partial charge in [0.05, 0.1) is 11.4 Å². The van der Waals surface area contributed by atoms with Gasteiger partial charge in [-0.05, 0) is 24.1 Å². The Morgan fingerprint density at radius 2 is 2.10 bits per heavy atom. The summed E-state index contributed by atoms with van der Waals surface area (Å²) in [4.78, 5) is 16.4. The van der Waals surface area contributed by atoms with Gasteiger partial charge >= 0.3 is 0 Å². The van der Waals surface area contributed by atoms with Crippen LogP contribution in [0.1, 0.15) is 30.0 Å². The third kappa shape index (κ3) is 3.58. The second-order valence-corrected chi connectivity index (χ2v) is 5.82. The van der Waals surface area contributed by atoms with E-state index < -0.39 is 0 Å². The number of hydrogen-bond donors (Lipinski definition) is 0. The minimum atomic E-state index is -0.115. The van der Waals surface area contributed by atoms with Gasteiger partial charge in [-0.25, -0.2) is 9.67 Å². The molecule has 0 amide bonds. The summed E-state index contributed by atoms with van der Waals surface area (Å²) in [5, 5.41) is 5.02. The third-order valence-electron chi connectivity index (χ3n) is 2.78. The van der Waals surface area contributed by atoms with E-state index in [1.54, 1.807) is 22.9 Å². The lowest BCUT2D eigenvalue weighted by Gasteiger charge is -2.08. The summed E-state index contributed by atoms with van der Waals surface area (Å²) < 4.78 is 1.75. The second-order valence-electron chi connectivity index (χ2n) is 4.98. The summed E-state index contributed by atoms with van der Waals surface area (Å²) >= 11 is 11.9.